The number of hydrogen-bond donors (Lipinski definition) is 1. The van der Waals surface area contributed by atoms with Gasteiger partial charge in [0.15, 0.2) is 0 Å². The summed E-state index contributed by atoms with van der Waals surface area (Å²) in [5.74, 6) is 0.917. The Morgan fingerprint density at radius 1 is 1.14 bits per heavy atom. The summed E-state index contributed by atoms with van der Waals surface area (Å²) in [5, 5.41) is 4.09. The first kappa shape index (κ1) is 16.7. The van der Waals surface area contributed by atoms with Crippen LogP contribution in [0.2, 0.25) is 5.02 Å². The summed E-state index contributed by atoms with van der Waals surface area (Å²) in [7, 11) is 0. The van der Waals surface area contributed by atoms with Crippen molar-refractivity contribution in [1.29, 1.82) is 0 Å². The molecule has 21 heavy (non-hydrogen) atoms. The molecular formula is C16H16Br2ClNO. The Morgan fingerprint density at radius 2 is 1.95 bits per heavy atom. The first-order valence-electron chi connectivity index (χ1n) is 6.70. The number of halogens is 3. The lowest BCUT2D eigenvalue weighted by Crippen LogP contribution is -2.04. The van der Waals surface area contributed by atoms with Crippen molar-refractivity contribution in [3.63, 3.8) is 0 Å². The zero-order valence-electron chi connectivity index (χ0n) is 11.6. The van der Waals surface area contributed by atoms with E-state index >= 15 is 0 Å². The Morgan fingerprint density at radius 3 is 2.67 bits per heavy atom. The molecule has 2 nitrogen and oxygen atoms in total. The maximum Gasteiger partial charge on any atom is 0.124 e. The Labute approximate surface area is 147 Å². The first-order valence-corrected chi connectivity index (χ1v) is 8.66. The largest absolute Gasteiger partial charge is 0.493 e. The minimum atomic E-state index is 0.687. The molecule has 0 saturated heterocycles. The van der Waals surface area contributed by atoms with E-state index in [9.17, 15) is 0 Å². The molecule has 0 heterocycles. The maximum absolute atomic E-state index is 6.00. The van der Waals surface area contributed by atoms with Gasteiger partial charge in [-0.05, 0) is 58.7 Å². The van der Waals surface area contributed by atoms with Gasteiger partial charge in [0.1, 0.15) is 5.75 Å². The van der Waals surface area contributed by atoms with Crippen molar-refractivity contribution in [3.05, 3.63) is 55.9 Å². The lowest BCUT2D eigenvalue weighted by molar-refractivity contribution is 0.314. The first-order chi connectivity index (χ1) is 10.1. The average molecular weight is 434 g/mol. The molecule has 112 valence electrons. The topological polar surface area (TPSA) is 21.3 Å². The van der Waals surface area contributed by atoms with E-state index in [1.54, 1.807) is 0 Å². The van der Waals surface area contributed by atoms with Crippen LogP contribution in [0.25, 0.3) is 0 Å². The zero-order valence-corrected chi connectivity index (χ0v) is 15.6. The van der Waals surface area contributed by atoms with Gasteiger partial charge in [0, 0.05) is 26.7 Å². The van der Waals surface area contributed by atoms with Crippen molar-refractivity contribution in [2.24, 2.45) is 0 Å². The molecule has 2 aromatic carbocycles. The van der Waals surface area contributed by atoms with Crippen LogP contribution >= 0.6 is 43.5 Å². The van der Waals surface area contributed by atoms with Gasteiger partial charge < -0.3 is 10.1 Å². The van der Waals surface area contributed by atoms with Crippen LogP contribution in [-0.2, 0) is 6.54 Å². The van der Waals surface area contributed by atoms with Crippen LogP contribution in [-0.4, -0.2) is 6.61 Å². The fraction of sp³-hybridized carbons (Fsp3) is 0.250. The third-order valence-electron chi connectivity index (χ3n) is 2.89. The van der Waals surface area contributed by atoms with Gasteiger partial charge in [0.05, 0.1) is 11.6 Å². The van der Waals surface area contributed by atoms with E-state index in [0.717, 1.165) is 39.0 Å². The van der Waals surface area contributed by atoms with E-state index in [0.29, 0.717) is 11.6 Å². The Balaban J connectivity index is 2.10. The molecule has 2 aromatic rings. The molecule has 0 radical (unpaired) electrons. The number of nitrogens with one attached hydrogen (secondary N) is 1. The van der Waals surface area contributed by atoms with E-state index in [-0.39, 0.29) is 0 Å². The van der Waals surface area contributed by atoms with Crippen LogP contribution < -0.4 is 10.1 Å². The van der Waals surface area contributed by atoms with E-state index in [1.165, 1.54) is 0 Å². The van der Waals surface area contributed by atoms with Gasteiger partial charge in [-0.15, -0.1) is 0 Å². The molecule has 1 N–H and O–H groups in total. The van der Waals surface area contributed by atoms with Crippen molar-refractivity contribution in [2.75, 3.05) is 11.9 Å². The molecule has 0 unspecified atom stereocenters. The molecule has 2 rings (SSSR count). The predicted octanol–water partition coefficient (Wildman–Crippen LogP) is 6.27. The minimum Gasteiger partial charge on any atom is -0.493 e. The van der Waals surface area contributed by atoms with Crippen LogP contribution in [0.1, 0.15) is 18.9 Å². The summed E-state index contributed by atoms with van der Waals surface area (Å²) in [6.07, 6.45) is 0.993. The second-order valence-corrected chi connectivity index (χ2v) is 6.76. The molecular weight excluding hydrogens is 417 g/mol. The minimum absolute atomic E-state index is 0.687. The van der Waals surface area contributed by atoms with Crippen LogP contribution in [0.15, 0.2) is 45.3 Å². The highest BCUT2D eigenvalue weighted by Gasteiger charge is 2.05. The normalized spacial score (nSPS) is 10.5. The Kier molecular flexibility index (Phi) is 6.40. The number of ether oxygens (including phenoxy) is 1. The monoisotopic (exact) mass is 431 g/mol. The number of benzene rings is 2. The van der Waals surface area contributed by atoms with Gasteiger partial charge in [-0.1, -0.05) is 34.5 Å². The maximum atomic E-state index is 6.00. The summed E-state index contributed by atoms with van der Waals surface area (Å²) >= 11 is 12.9. The van der Waals surface area contributed by atoms with Gasteiger partial charge in [-0.2, -0.15) is 0 Å². The van der Waals surface area contributed by atoms with Crippen molar-refractivity contribution in [1.82, 2.24) is 0 Å². The smallest absolute Gasteiger partial charge is 0.124 e. The van der Waals surface area contributed by atoms with Crippen molar-refractivity contribution in [2.45, 2.75) is 19.9 Å². The average Bonchev–Trinajstić information content (AvgIpc) is 2.47. The van der Waals surface area contributed by atoms with Crippen molar-refractivity contribution < 1.29 is 4.74 Å². The second-order valence-electron chi connectivity index (χ2n) is 4.58. The van der Waals surface area contributed by atoms with E-state index in [2.05, 4.69) is 50.2 Å². The third kappa shape index (κ3) is 4.90. The third-order valence-corrected chi connectivity index (χ3v) is 4.59. The van der Waals surface area contributed by atoms with Crippen LogP contribution in [0, 0.1) is 0 Å². The molecule has 5 heteroatoms. The number of rotatable bonds is 6. The van der Waals surface area contributed by atoms with Gasteiger partial charge >= 0.3 is 0 Å². The van der Waals surface area contributed by atoms with Gasteiger partial charge in [0.25, 0.3) is 0 Å². The second kappa shape index (κ2) is 8.06. The molecule has 0 fully saturated rings. The fourth-order valence-electron chi connectivity index (χ4n) is 1.84. The molecule has 0 aliphatic carbocycles. The predicted molar refractivity (Wildman–Crippen MR) is 96.4 cm³/mol. The van der Waals surface area contributed by atoms with E-state index in [4.69, 9.17) is 16.3 Å². The summed E-state index contributed by atoms with van der Waals surface area (Å²) in [6, 6.07) is 11.8. The lowest BCUT2D eigenvalue weighted by Gasteiger charge is -2.13. The quantitative estimate of drug-likeness (QED) is 0.580. The number of hydrogen-bond acceptors (Lipinski definition) is 2. The summed E-state index contributed by atoms with van der Waals surface area (Å²) in [4.78, 5) is 0. The Bertz CT molecular complexity index is 619. The number of anilines is 1. The zero-order chi connectivity index (χ0) is 15.2. The van der Waals surface area contributed by atoms with Crippen molar-refractivity contribution in [3.8, 4) is 5.75 Å². The molecule has 0 aliphatic heterocycles. The standard InChI is InChI=1S/C16H16Br2ClNO/c1-2-7-21-16-6-3-12(17)8-11(16)10-20-13-4-5-15(19)14(18)9-13/h3-6,8-9,20H,2,7,10H2,1H3. The fourth-order valence-corrected chi connectivity index (χ4v) is 2.75. The highest BCUT2D eigenvalue weighted by Crippen LogP contribution is 2.27. The van der Waals surface area contributed by atoms with Crippen molar-refractivity contribution >= 4 is 49.1 Å². The SMILES string of the molecule is CCCOc1ccc(Br)cc1CNc1ccc(Cl)c(Br)c1. The summed E-state index contributed by atoms with van der Waals surface area (Å²) < 4.78 is 7.70. The van der Waals surface area contributed by atoms with E-state index in [1.807, 2.05) is 30.3 Å². The van der Waals surface area contributed by atoms with E-state index < -0.39 is 0 Å². The molecule has 0 spiro atoms. The van der Waals surface area contributed by atoms with Crippen LogP contribution in [0.4, 0.5) is 5.69 Å². The van der Waals surface area contributed by atoms with Gasteiger partial charge in [-0.25, -0.2) is 0 Å². The summed E-state index contributed by atoms with van der Waals surface area (Å²) in [5.41, 5.74) is 2.12. The molecule has 0 saturated carbocycles. The van der Waals surface area contributed by atoms with Gasteiger partial charge in [-0.3, -0.25) is 0 Å². The molecule has 0 aromatic heterocycles. The molecule has 0 bridgehead atoms. The summed E-state index contributed by atoms with van der Waals surface area (Å²) in [6.45, 7) is 3.51. The highest BCUT2D eigenvalue weighted by atomic mass is 79.9. The molecule has 0 amide bonds. The van der Waals surface area contributed by atoms with Crippen LogP contribution in [0.3, 0.4) is 0 Å². The Hall–Kier alpha value is -0.710. The molecule has 0 atom stereocenters. The van der Waals surface area contributed by atoms with Crippen LogP contribution in [0.5, 0.6) is 5.75 Å². The lowest BCUT2D eigenvalue weighted by atomic mass is 10.2. The van der Waals surface area contributed by atoms with Gasteiger partial charge in [0.2, 0.25) is 0 Å². The molecule has 0 aliphatic rings. The highest BCUT2D eigenvalue weighted by molar-refractivity contribution is 9.10.